The van der Waals surface area contributed by atoms with Crippen molar-refractivity contribution in [1.29, 1.82) is 0 Å². The molecule has 164 valence electrons. The maximum absolute atomic E-state index is 13.4. The fourth-order valence-corrected chi connectivity index (χ4v) is 5.22. The van der Waals surface area contributed by atoms with Gasteiger partial charge in [-0.05, 0) is 38.0 Å². The van der Waals surface area contributed by atoms with E-state index < -0.39 is 0 Å². The van der Waals surface area contributed by atoms with Crippen LogP contribution < -0.4 is 10.5 Å². The van der Waals surface area contributed by atoms with E-state index in [0.29, 0.717) is 51.8 Å². The average molecular weight is 459 g/mol. The zero-order valence-electron chi connectivity index (χ0n) is 18.1. The van der Waals surface area contributed by atoms with Crippen LogP contribution in [0.1, 0.15) is 33.3 Å². The number of fused-ring (bicyclic) bond motifs is 1. The molecule has 2 atom stereocenters. The van der Waals surface area contributed by atoms with Crippen molar-refractivity contribution in [3.8, 4) is 0 Å². The number of morpholine rings is 1. The molecule has 9 heteroatoms. The first-order valence-corrected chi connectivity index (χ1v) is 11.6. The summed E-state index contributed by atoms with van der Waals surface area (Å²) in [6.45, 7) is 9.90. The highest BCUT2D eigenvalue weighted by molar-refractivity contribution is 8.26. The van der Waals surface area contributed by atoms with E-state index in [9.17, 15) is 9.59 Å². The van der Waals surface area contributed by atoms with Gasteiger partial charge >= 0.3 is 0 Å². The van der Waals surface area contributed by atoms with Crippen LogP contribution in [0, 0.1) is 5.92 Å². The van der Waals surface area contributed by atoms with E-state index >= 15 is 0 Å². The number of ether oxygens (including phenoxy) is 1. The number of carbonyl (C=O) groups excluding carboxylic acids is 1. The summed E-state index contributed by atoms with van der Waals surface area (Å²) in [5, 5.41) is 0. The second-order valence-corrected chi connectivity index (χ2v) is 10.1. The minimum Gasteiger partial charge on any atom is -0.372 e. The molecule has 0 bridgehead atoms. The molecular formula is C22H26N4O3S2. The topological polar surface area (TPSA) is 67.2 Å². The molecule has 2 fully saturated rings. The number of hydrogen-bond acceptors (Lipinski definition) is 7. The summed E-state index contributed by atoms with van der Waals surface area (Å²) >= 11 is 6.67. The van der Waals surface area contributed by atoms with Crippen molar-refractivity contribution >= 4 is 51.7 Å². The van der Waals surface area contributed by atoms with Crippen LogP contribution in [0.3, 0.4) is 0 Å². The van der Waals surface area contributed by atoms with Crippen LogP contribution >= 0.6 is 24.0 Å². The number of aromatic nitrogens is 2. The molecule has 1 amide bonds. The Morgan fingerprint density at radius 3 is 2.65 bits per heavy atom. The van der Waals surface area contributed by atoms with Crippen LogP contribution in [0.5, 0.6) is 0 Å². The summed E-state index contributed by atoms with van der Waals surface area (Å²) in [6.07, 6.45) is 3.38. The molecule has 2 aromatic heterocycles. The number of hydrogen-bond donors (Lipinski definition) is 0. The van der Waals surface area contributed by atoms with Gasteiger partial charge in [-0.15, -0.1) is 0 Å². The third-order valence-electron chi connectivity index (χ3n) is 5.16. The summed E-state index contributed by atoms with van der Waals surface area (Å²) in [4.78, 5) is 35.4. The third-order valence-corrected chi connectivity index (χ3v) is 6.54. The molecule has 0 spiro atoms. The Kier molecular flexibility index (Phi) is 6.18. The lowest BCUT2D eigenvalue weighted by molar-refractivity contribution is -0.122. The molecule has 0 saturated carbocycles. The summed E-state index contributed by atoms with van der Waals surface area (Å²) in [5.41, 5.74) is 0.760. The summed E-state index contributed by atoms with van der Waals surface area (Å²) < 4.78 is 7.89. The molecule has 0 aliphatic carbocycles. The second kappa shape index (κ2) is 8.72. The van der Waals surface area contributed by atoms with Crippen molar-refractivity contribution in [2.45, 2.75) is 39.9 Å². The number of amides is 1. The van der Waals surface area contributed by atoms with Gasteiger partial charge in [0.05, 0.1) is 22.7 Å². The first-order chi connectivity index (χ1) is 14.7. The molecule has 0 radical (unpaired) electrons. The van der Waals surface area contributed by atoms with Crippen molar-refractivity contribution in [1.82, 2.24) is 14.3 Å². The van der Waals surface area contributed by atoms with E-state index in [1.807, 2.05) is 39.8 Å². The molecule has 2 saturated heterocycles. The Hall–Kier alpha value is -2.23. The van der Waals surface area contributed by atoms with Gasteiger partial charge in [0, 0.05) is 25.8 Å². The fourth-order valence-electron chi connectivity index (χ4n) is 3.96. The first kappa shape index (κ1) is 22.0. The van der Waals surface area contributed by atoms with Gasteiger partial charge in [0.15, 0.2) is 0 Å². The molecule has 7 nitrogen and oxygen atoms in total. The molecule has 4 heterocycles. The molecule has 0 aromatic carbocycles. The smallest absolute Gasteiger partial charge is 0.267 e. The monoisotopic (exact) mass is 458 g/mol. The average Bonchev–Trinajstić information content (AvgIpc) is 2.96. The Morgan fingerprint density at radius 2 is 1.97 bits per heavy atom. The molecule has 4 rings (SSSR count). The van der Waals surface area contributed by atoms with Gasteiger partial charge < -0.3 is 9.64 Å². The van der Waals surface area contributed by atoms with Gasteiger partial charge in [0.2, 0.25) is 0 Å². The predicted molar refractivity (Wildman–Crippen MR) is 128 cm³/mol. The van der Waals surface area contributed by atoms with Crippen LogP contribution in [0.4, 0.5) is 5.82 Å². The highest BCUT2D eigenvalue weighted by Gasteiger charge is 2.33. The van der Waals surface area contributed by atoms with Gasteiger partial charge in [-0.3, -0.25) is 18.9 Å². The molecule has 2 aromatic rings. The minimum atomic E-state index is -0.207. The number of carbonyl (C=O) groups is 1. The first-order valence-electron chi connectivity index (χ1n) is 10.4. The molecule has 31 heavy (non-hydrogen) atoms. The van der Waals surface area contributed by atoms with Crippen molar-refractivity contribution < 1.29 is 9.53 Å². The molecule has 2 aliphatic rings. The summed E-state index contributed by atoms with van der Waals surface area (Å²) in [5.74, 6) is 0.713. The number of rotatable bonds is 4. The van der Waals surface area contributed by atoms with Crippen LogP contribution in [0.2, 0.25) is 0 Å². The number of pyridine rings is 1. The summed E-state index contributed by atoms with van der Waals surface area (Å²) in [7, 11) is 0. The SMILES string of the molecule is CC(C)CN1C(=O)C(=Cc2c(N3CC(C)OC(C)C3)nc3ccccn3c2=O)SC1=S. The Morgan fingerprint density at radius 1 is 1.26 bits per heavy atom. The van der Waals surface area contributed by atoms with Crippen molar-refractivity contribution in [2.75, 3.05) is 24.5 Å². The van der Waals surface area contributed by atoms with Crippen molar-refractivity contribution in [2.24, 2.45) is 5.92 Å². The molecular weight excluding hydrogens is 432 g/mol. The number of anilines is 1. The summed E-state index contributed by atoms with van der Waals surface area (Å²) in [6, 6.07) is 5.46. The third kappa shape index (κ3) is 4.40. The van der Waals surface area contributed by atoms with Crippen LogP contribution in [0.15, 0.2) is 34.1 Å². The van der Waals surface area contributed by atoms with E-state index in [0.717, 1.165) is 0 Å². The maximum atomic E-state index is 13.4. The Labute approximate surface area is 191 Å². The van der Waals surface area contributed by atoms with Gasteiger partial charge in [-0.25, -0.2) is 4.98 Å². The van der Waals surface area contributed by atoms with Gasteiger partial charge in [-0.2, -0.15) is 0 Å². The number of thiocarbonyl (C=S) groups is 1. The quantitative estimate of drug-likeness (QED) is 0.515. The van der Waals surface area contributed by atoms with Crippen LogP contribution in [-0.2, 0) is 9.53 Å². The maximum Gasteiger partial charge on any atom is 0.267 e. The molecule has 2 unspecified atom stereocenters. The largest absolute Gasteiger partial charge is 0.372 e. The van der Waals surface area contributed by atoms with E-state index in [1.165, 1.54) is 16.2 Å². The Bertz CT molecular complexity index is 1120. The molecule has 2 aliphatic heterocycles. The van der Waals surface area contributed by atoms with Gasteiger partial charge in [0.1, 0.15) is 15.8 Å². The fraction of sp³-hybridized carbons (Fsp3) is 0.455. The second-order valence-electron chi connectivity index (χ2n) is 8.43. The van der Waals surface area contributed by atoms with Crippen molar-refractivity contribution in [3.63, 3.8) is 0 Å². The zero-order chi connectivity index (χ0) is 22.3. The van der Waals surface area contributed by atoms with E-state index in [1.54, 1.807) is 23.2 Å². The predicted octanol–water partition coefficient (Wildman–Crippen LogP) is 3.17. The Balaban J connectivity index is 1.84. The number of thioether (sulfide) groups is 1. The highest BCUT2D eigenvalue weighted by Crippen LogP contribution is 2.34. The normalized spacial score (nSPS) is 23.6. The minimum absolute atomic E-state index is 0.0110. The zero-order valence-corrected chi connectivity index (χ0v) is 19.7. The lowest BCUT2D eigenvalue weighted by Gasteiger charge is -2.36. The van der Waals surface area contributed by atoms with Crippen LogP contribution in [0.25, 0.3) is 11.7 Å². The molecule has 0 N–H and O–H groups in total. The van der Waals surface area contributed by atoms with Crippen molar-refractivity contribution in [3.05, 3.63) is 45.2 Å². The van der Waals surface area contributed by atoms with E-state index in [4.69, 9.17) is 21.9 Å². The van der Waals surface area contributed by atoms with E-state index in [2.05, 4.69) is 4.90 Å². The lowest BCUT2D eigenvalue weighted by atomic mass is 10.1. The number of nitrogens with zero attached hydrogens (tertiary/aromatic N) is 4. The lowest BCUT2D eigenvalue weighted by Crippen LogP contribution is -2.46. The van der Waals surface area contributed by atoms with E-state index in [-0.39, 0.29) is 23.7 Å². The van der Waals surface area contributed by atoms with Gasteiger partial charge in [0.25, 0.3) is 11.5 Å². The highest BCUT2D eigenvalue weighted by atomic mass is 32.2. The standard InChI is InChI=1S/C22H26N4O3S2/c1-13(2)10-26-21(28)17(31-22(26)30)9-16-19(24-11-14(3)29-15(4)12-24)23-18-7-5-6-8-25(18)20(16)27/h5-9,13-15H,10-12H2,1-4H3. The van der Waals surface area contributed by atoms with Gasteiger partial charge in [-0.1, -0.05) is 43.9 Å². The van der Waals surface area contributed by atoms with Crippen LogP contribution in [-0.4, -0.2) is 56.4 Å².